The summed E-state index contributed by atoms with van der Waals surface area (Å²) in [6, 6.07) is 3.62. The Hall–Kier alpha value is -2.04. The van der Waals surface area contributed by atoms with Crippen LogP contribution in [0.3, 0.4) is 0 Å². The lowest BCUT2D eigenvalue weighted by atomic mass is 10.4. The summed E-state index contributed by atoms with van der Waals surface area (Å²) in [6.07, 6.45) is 6.63. The molecule has 0 spiro atoms. The number of H-pyrrole nitrogens is 1. The van der Waals surface area contributed by atoms with Gasteiger partial charge in [-0.25, -0.2) is 4.98 Å². The van der Waals surface area contributed by atoms with Gasteiger partial charge in [-0.15, -0.1) is 10.2 Å². The molecule has 1 N–H and O–H groups in total. The molecule has 2 aromatic heterocycles. The van der Waals surface area contributed by atoms with Crippen LogP contribution in [-0.4, -0.2) is 15.0 Å². The molecule has 5 heteroatoms. The van der Waals surface area contributed by atoms with Crippen LogP contribution in [0.1, 0.15) is 0 Å². The molecular weight excluding hydrogens is 166 g/mol. The first kappa shape index (κ1) is 7.60. The topological polar surface area (TPSA) is 66.3 Å². The van der Waals surface area contributed by atoms with Gasteiger partial charge >= 0.3 is 0 Å². The van der Waals surface area contributed by atoms with Crippen LogP contribution < -0.4 is 0 Å². The second-order valence-corrected chi connectivity index (χ2v) is 2.32. The third-order valence-corrected chi connectivity index (χ3v) is 1.39. The summed E-state index contributed by atoms with van der Waals surface area (Å²) in [5.74, 6) is 0.490. The van der Waals surface area contributed by atoms with Gasteiger partial charge in [0.2, 0.25) is 5.95 Å². The Morgan fingerprint density at radius 2 is 2.23 bits per heavy atom. The van der Waals surface area contributed by atoms with Crippen molar-refractivity contribution in [2.45, 2.75) is 0 Å². The van der Waals surface area contributed by atoms with E-state index < -0.39 is 0 Å². The lowest BCUT2D eigenvalue weighted by Crippen LogP contribution is -1.67. The molecular formula is C8H7N5. The molecule has 5 nitrogen and oxygen atoms in total. The van der Waals surface area contributed by atoms with E-state index in [4.69, 9.17) is 0 Å². The van der Waals surface area contributed by atoms with Gasteiger partial charge in [-0.1, -0.05) is 0 Å². The fraction of sp³-hybridized carbons (Fsp3) is 0. The standard InChI is InChI=1S/C8H7N5/c1-2-7(6-9-3-1)12-13-8-10-4-5-11-8/h1-6H,(H,10,11). The van der Waals surface area contributed by atoms with Gasteiger partial charge in [0.1, 0.15) is 5.69 Å². The quantitative estimate of drug-likeness (QED) is 0.707. The number of azo groups is 1. The molecule has 0 fully saturated rings. The highest BCUT2D eigenvalue weighted by molar-refractivity contribution is 5.31. The lowest BCUT2D eigenvalue weighted by Gasteiger charge is -1.87. The molecule has 2 aromatic rings. The zero-order chi connectivity index (χ0) is 8.93. The predicted octanol–water partition coefficient (Wildman–Crippen LogP) is 2.22. The van der Waals surface area contributed by atoms with Crippen LogP contribution >= 0.6 is 0 Å². The van der Waals surface area contributed by atoms with Crippen LogP contribution in [0.25, 0.3) is 0 Å². The number of nitrogens with one attached hydrogen (secondary N) is 1. The van der Waals surface area contributed by atoms with E-state index in [1.165, 1.54) is 0 Å². The Bertz CT molecular complexity index is 378. The summed E-state index contributed by atoms with van der Waals surface area (Å²) in [7, 11) is 0. The molecule has 0 aliphatic heterocycles. The molecule has 64 valence electrons. The normalized spacial score (nSPS) is 10.8. The zero-order valence-electron chi connectivity index (χ0n) is 6.75. The summed E-state index contributed by atoms with van der Waals surface area (Å²) < 4.78 is 0. The first-order chi connectivity index (χ1) is 6.45. The molecule has 13 heavy (non-hydrogen) atoms. The van der Waals surface area contributed by atoms with Crippen LogP contribution in [0.15, 0.2) is 47.1 Å². The average molecular weight is 173 g/mol. The van der Waals surface area contributed by atoms with E-state index in [1.807, 2.05) is 6.07 Å². The van der Waals surface area contributed by atoms with Crippen molar-refractivity contribution in [1.29, 1.82) is 0 Å². The fourth-order valence-corrected chi connectivity index (χ4v) is 0.830. The van der Waals surface area contributed by atoms with Gasteiger partial charge in [0.05, 0.1) is 6.20 Å². The van der Waals surface area contributed by atoms with E-state index in [2.05, 4.69) is 25.2 Å². The second-order valence-electron chi connectivity index (χ2n) is 2.32. The smallest absolute Gasteiger partial charge is 0.246 e. The van der Waals surface area contributed by atoms with Crippen LogP contribution in [0.5, 0.6) is 0 Å². The Morgan fingerprint density at radius 3 is 2.92 bits per heavy atom. The first-order valence-corrected chi connectivity index (χ1v) is 3.76. The maximum atomic E-state index is 3.92. The number of rotatable bonds is 2. The maximum Gasteiger partial charge on any atom is 0.246 e. The van der Waals surface area contributed by atoms with Crippen molar-refractivity contribution in [3.8, 4) is 0 Å². The molecule has 2 rings (SSSR count). The van der Waals surface area contributed by atoms with Crippen molar-refractivity contribution in [3.05, 3.63) is 36.9 Å². The van der Waals surface area contributed by atoms with Crippen molar-refractivity contribution in [3.63, 3.8) is 0 Å². The minimum absolute atomic E-state index is 0.490. The molecule has 0 aromatic carbocycles. The van der Waals surface area contributed by atoms with E-state index >= 15 is 0 Å². The van der Waals surface area contributed by atoms with Crippen molar-refractivity contribution in [1.82, 2.24) is 15.0 Å². The third-order valence-electron chi connectivity index (χ3n) is 1.39. The number of aromatic amines is 1. The zero-order valence-corrected chi connectivity index (χ0v) is 6.75. The van der Waals surface area contributed by atoms with Crippen molar-refractivity contribution >= 4 is 11.6 Å². The molecule has 0 amide bonds. The number of hydrogen-bond acceptors (Lipinski definition) is 4. The highest BCUT2D eigenvalue weighted by atomic mass is 15.2. The van der Waals surface area contributed by atoms with Crippen LogP contribution in [-0.2, 0) is 0 Å². The number of pyridine rings is 1. The summed E-state index contributed by atoms with van der Waals surface area (Å²) in [6.45, 7) is 0. The molecule has 0 unspecified atom stereocenters. The predicted molar refractivity (Wildman–Crippen MR) is 47.0 cm³/mol. The number of nitrogens with zero attached hydrogens (tertiary/aromatic N) is 4. The fourth-order valence-electron chi connectivity index (χ4n) is 0.830. The number of imidazole rings is 1. The van der Waals surface area contributed by atoms with Crippen molar-refractivity contribution in [2.75, 3.05) is 0 Å². The van der Waals surface area contributed by atoms with Gasteiger partial charge in [-0.2, -0.15) is 0 Å². The van der Waals surface area contributed by atoms with E-state index in [0.29, 0.717) is 11.6 Å². The third kappa shape index (κ3) is 1.96. The molecule has 0 bridgehead atoms. The largest absolute Gasteiger partial charge is 0.328 e. The summed E-state index contributed by atoms with van der Waals surface area (Å²) in [5, 5.41) is 7.77. The summed E-state index contributed by atoms with van der Waals surface area (Å²) in [5.41, 5.74) is 0.707. The molecule has 0 atom stereocenters. The maximum absolute atomic E-state index is 3.92. The molecule has 0 saturated heterocycles. The van der Waals surface area contributed by atoms with Crippen LogP contribution in [0.4, 0.5) is 11.6 Å². The molecule has 0 radical (unpaired) electrons. The number of aromatic nitrogens is 3. The highest BCUT2D eigenvalue weighted by Gasteiger charge is 1.89. The van der Waals surface area contributed by atoms with Crippen molar-refractivity contribution < 1.29 is 0 Å². The minimum atomic E-state index is 0.490. The monoisotopic (exact) mass is 173 g/mol. The lowest BCUT2D eigenvalue weighted by molar-refractivity contribution is 1.11. The van der Waals surface area contributed by atoms with Gasteiger partial charge in [-0.05, 0) is 12.1 Å². The SMILES string of the molecule is c1cncc(N=Nc2ncc[nH]2)c1. The Balaban J connectivity index is 2.15. The molecule has 0 aliphatic rings. The highest BCUT2D eigenvalue weighted by Crippen LogP contribution is 2.11. The molecule has 0 saturated carbocycles. The van der Waals surface area contributed by atoms with Gasteiger partial charge in [0.15, 0.2) is 0 Å². The van der Waals surface area contributed by atoms with Gasteiger partial charge in [0, 0.05) is 18.6 Å². The Labute approximate surface area is 74.6 Å². The average Bonchev–Trinajstić information content (AvgIpc) is 2.69. The van der Waals surface area contributed by atoms with E-state index in [-0.39, 0.29) is 0 Å². The Kier molecular flexibility index (Phi) is 2.09. The van der Waals surface area contributed by atoms with E-state index in [1.54, 1.807) is 30.9 Å². The van der Waals surface area contributed by atoms with Gasteiger partial charge in [0.25, 0.3) is 0 Å². The van der Waals surface area contributed by atoms with Gasteiger partial charge in [-0.3, -0.25) is 4.98 Å². The first-order valence-electron chi connectivity index (χ1n) is 3.76. The van der Waals surface area contributed by atoms with Crippen LogP contribution in [0.2, 0.25) is 0 Å². The van der Waals surface area contributed by atoms with Gasteiger partial charge < -0.3 is 4.98 Å². The summed E-state index contributed by atoms with van der Waals surface area (Å²) >= 11 is 0. The van der Waals surface area contributed by atoms with Crippen molar-refractivity contribution in [2.24, 2.45) is 10.2 Å². The number of hydrogen-bond donors (Lipinski definition) is 1. The van der Waals surface area contributed by atoms with Crippen LogP contribution in [0, 0.1) is 0 Å². The second kappa shape index (κ2) is 3.57. The molecule has 2 heterocycles. The van der Waals surface area contributed by atoms with E-state index in [0.717, 1.165) is 0 Å². The van der Waals surface area contributed by atoms with E-state index in [9.17, 15) is 0 Å². The molecule has 0 aliphatic carbocycles. The Morgan fingerprint density at radius 1 is 1.23 bits per heavy atom. The summed E-state index contributed by atoms with van der Waals surface area (Å²) in [4.78, 5) is 10.6. The minimum Gasteiger partial charge on any atom is -0.328 e.